The second-order valence-corrected chi connectivity index (χ2v) is 11.5. The van der Waals surface area contributed by atoms with Crippen LogP contribution in [-0.2, 0) is 17.8 Å². The maximum atomic E-state index is 13.7. The Morgan fingerprint density at radius 2 is 1.70 bits per heavy atom. The van der Waals surface area contributed by atoms with Crippen LogP contribution in [0.25, 0.3) is 0 Å². The fraction of sp³-hybridized carbons (Fsp3) is 0.400. The largest absolute Gasteiger partial charge is 0.493 e. The maximum absolute atomic E-state index is 13.7. The number of amides is 2. The SMILES string of the molecule is COc1ccc(CCN(Cc2ccc(C)s2)C(=O)CN(CC(C)C)C(=O)c2ccc(C)c([N+](=O)[O-])c2)cc1OC. The van der Waals surface area contributed by atoms with Gasteiger partial charge in [0.05, 0.1) is 25.7 Å². The van der Waals surface area contributed by atoms with Gasteiger partial charge in [0.2, 0.25) is 5.91 Å². The average molecular weight is 568 g/mol. The van der Waals surface area contributed by atoms with Gasteiger partial charge >= 0.3 is 0 Å². The molecule has 0 radical (unpaired) electrons. The van der Waals surface area contributed by atoms with Gasteiger partial charge in [0.25, 0.3) is 11.6 Å². The fourth-order valence-corrected chi connectivity index (χ4v) is 5.30. The van der Waals surface area contributed by atoms with E-state index in [4.69, 9.17) is 9.47 Å². The third-order valence-corrected chi connectivity index (χ3v) is 7.45. The lowest BCUT2D eigenvalue weighted by Gasteiger charge is -2.29. The van der Waals surface area contributed by atoms with Crippen LogP contribution in [0.5, 0.6) is 11.5 Å². The topological polar surface area (TPSA) is 102 Å². The summed E-state index contributed by atoms with van der Waals surface area (Å²) in [5.41, 5.74) is 1.53. The molecule has 3 aromatic rings. The van der Waals surface area contributed by atoms with Crippen LogP contribution in [0.15, 0.2) is 48.5 Å². The van der Waals surface area contributed by atoms with Crippen LogP contribution in [0, 0.1) is 29.9 Å². The highest BCUT2D eigenvalue weighted by Gasteiger charge is 2.25. The molecule has 0 N–H and O–H groups in total. The molecule has 2 aromatic carbocycles. The van der Waals surface area contributed by atoms with Gasteiger partial charge in [-0.25, -0.2) is 0 Å². The quantitative estimate of drug-likeness (QED) is 0.195. The van der Waals surface area contributed by atoms with Gasteiger partial charge in [0.15, 0.2) is 11.5 Å². The number of methoxy groups -OCH3 is 2. The standard InChI is InChI=1S/C30H37N3O6S/c1-20(2)17-32(30(35)24-10-7-21(3)26(16-24)33(36)37)19-29(34)31(18-25-11-8-22(4)40-25)14-13-23-9-12-27(38-5)28(15-23)39-6/h7-12,15-16,20H,13-14,17-19H2,1-6H3. The summed E-state index contributed by atoms with van der Waals surface area (Å²) in [6.07, 6.45) is 0.582. The van der Waals surface area contributed by atoms with Crippen molar-refractivity contribution in [3.63, 3.8) is 0 Å². The van der Waals surface area contributed by atoms with Crippen LogP contribution >= 0.6 is 11.3 Å². The number of nitro benzene ring substituents is 1. The van der Waals surface area contributed by atoms with Gasteiger partial charge in [-0.3, -0.25) is 19.7 Å². The van der Waals surface area contributed by atoms with Gasteiger partial charge in [0.1, 0.15) is 6.54 Å². The van der Waals surface area contributed by atoms with Crippen molar-refractivity contribution in [2.75, 3.05) is 33.9 Å². The minimum atomic E-state index is -0.497. The molecule has 0 spiro atoms. The number of nitro groups is 1. The number of nitrogens with zero attached hydrogens (tertiary/aromatic N) is 3. The Labute approximate surface area is 239 Å². The van der Waals surface area contributed by atoms with Crippen molar-refractivity contribution >= 4 is 28.8 Å². The summed E-state index contributed by atoms with van der Waals surface area (Å²) in [6, 6.07) is 14.1. The molecule has 10 heteroatoms. The number of carbonyl (C=O) groups excluding carboxylic acids is 2. The number of hydrogen-bond acceptors (Lipinski definition) is 7. The van der Waals surface area contributed by atoms with E-state index in [9.17, 15) is 19.7 Å². The number of thiophene rings is 1. The van der Waals surface area contributed by atoms with Gasteiger partial charge in [-0.2, -0.15) is 0 Å². The molecule has 2 amide bonds. The Balaban J connectivity index is 1.85. The molecule has 0 aliphatic rings. The average Bonchev–Trinajstić information content (AvgIpc) is 3.34. The summed E-state index contributed by atoms with van der Waals surface area (Å²) in [7, 11) is 3.17. The number of hydrogen-bond donors (Lipinski definition) is 0. The maximum Gasteiger partial charge on any atom is 0.273 e. The molecule has 0 saturated carbocycles. The second kappa shape index (κ2) is 13.9. The van der Waals surface area contributed by atoms with Crippen molar-refractivity contribution in [3.8, 4) is 11.5 Å². The molecule has 0 unspecified atom stereocenters. The molecule has 0 atom stereocenters. The molecule has 1 heterocycles. The summed E-state index contributed by atoms with van der Waals surface area (Å²) >= 11 is 1.63. The number of benzene rings is 2. The normalized spacial score (nSPS) is 10.9. The summed E-state index contributed by atoms with van der Waals surface area (Å²) < 4.78 is 10.8. The summed E-state index contributed by atoms with van der Waals surface area (Å²) in [4.78, 5) is 43.7. The van der Waals surface area contributed by atoms with Crippen molar-refractivity contribution in [1.82, 2.24) is 9.80 Å². The van der Waals surface area contributed by atoms with Crippen molar-refractivity contribution in [1.29, 1.82) is 0 Å². The van der Waals surface area contributed by atoms with Gasteiger partial charge in [0, 0.05) is 40.0 Å². The van der Waals surface area contributed by atoms with Crippen LogP contribution in [-0.4, -0.2) is 60.4 Å². The van der Waals surface area contributed by atoms with E-state index in [1.165, 1.54) is 11.0 Å². The third-order valence-electron chi connectivity index (χ3n) is 6.47. The predicted octanol–water partition coefficient (Wildman–Crippen LogP) is 5.66. The molecule has 3 rings (SSSR count). The number of rotatable bonds is 13. The van der Waals surface area contributed by atoms with Crippen LogP contribution in [0.3, 0.4) is 0 Å². The molecule has 0 aliphatic heterocycles. The summed E-state index contributed by atoms with van der Waals surface area (Å²) in [6.45, 7) is 8.65. The molecular weight excluding hydrogens is 530 g/mol. The lowest BCUT2D eigenvalue weighted by Crippen LogP contribution is -2.44. The highest BCUT2D eigenvalue weighted by Crippen LogP contribution is 2.28. The number of carbonyl (C=O) groups is 2. The van der Waals surface area contributed by atoms with E-state index >= 15 is 0 Å². The highest BCUT2D eigenvalue weighted by atomic mass is 32.1. The first-order valence-corrected chi connectivity index (χ1v) is 13.9. The number of aryl methyl sites for hydroxylation is 2. The molecule has 0 aliphatic carbocycles. The highest BCUT2D eigenvalue weighted by molar-refractivity contribution is 7.11. The fourth-order valence-electron chi connectivity index (χ4n) is 4.40. The number of ether oxygens (including phenoxy) is 2. The van der Waals surface area contributed by atoms with Gasteiger partial charge in [-0.05, 0) is 62.1 Å². The van der Waals surface area contributed by atoms with Gasteiger partial charge in [-0.15, -0.1) is 11.3 Å². The first-order valence-electron chi connectivity index (χ1n) is 13.1. The van der Waals surface area contributed by atoms with E-state index in [2.05, 4.69) is 0 Å². The van der Waals surface area contributed by atoms with E-state index in [-0.39, 0.29) is 29.6 Å². The van der Waals surface area contributed by atoms with Crippen LogP contribution in [0.2, 0.25) is 0 Å². The van der Waals surface area contributed by atoms with E-state index in [0.29, 0.717) is 43.1 Å². The first kappa shape index (κ1) is 30.6. The summed E-state index contributed by atoms with van der Waals surface area (Å²) in [5, 5.41) is 11.5. The zero-order valence-corrected chi connectivity index (χ0v) is 24.7. The van der Waals surface area contributed by atoms with Crippen LogP contribution < -0.4 is 9.47 Å². The Bertz CT molecular complexity index is 1350. The molecule has 40 heavy (non-hydrogen) atoms. The zero-order chi connectivity index (χ0) is 29.4. The monoisotopic (exact) mass is 567 g/mol. The van der Waals surface area contributed by atoms with Crippen molar-refractivity contribution in [2.45, 2.75) is 40.7 Å². The van der Waals surface area contributed by atoms with E-state index < -0.39 is 10.8 Å². The summed E-state index contributed by atoms with van der Waals surface area (Å²) in [5.74, 6) is 0.747. The van der Waals surface area contributed by atoms with Crippen molar-refractivity contribution in [2.24, 2.45) is 5.92 Å². The Hall–Kier alpha value is -3.92. The zero-order valence-electron chi connectivity index (χ0n) is 23.9. The van der Waals surface area contributed by atoms with E-state index in [0.717, 1.165) is 15.3 Å². The molecule has 9 nitrogen and oxygen atoms in total. The lowest BCUT2D eigenvalue weighted by atomic mass is 10.1. The predicted molar refractivity (Wildman–Crippen MR) is 156 cm³/mol. The first-order chi connectivity index (χ1) is 19.0. The van der Waals surface area contributed by atoms with Crippen molar-refractivity contribution < 1.29 is 24.0 Å². The minimum absolute atomic E-state index is 0.0948. The molecule has 214 valence electrons. The smallest absolute Gasteiger partial charge is 0.273 e. The van der Waals surface area contributed by atoms with E-state index in [1.54, 1.807) is 49.5 Å². The Kier molecular flexibility index (Phi) is 10.7. The molecule has 0 saturated heterocycles. The van der Waals surface area contributed by atoms with Crippen LogP contribution in [0.4, 0.5) is 5.69 Å². The van der Waals surface area contributed by atoms with Crippen molar-refractivity contribution in [3.05, 3.63) is 85.1 Å². The third kappa shape index (κ3) is 8.05. The second-order valence-electron chi connectivity index (χ2n) is 10.1. The van der Waals surface area contributed by atoms with Crippen LogP contribution in [0.1, 0.15) is 45.1 Å². The molecule has 1 aromatic heterocycles. The molecule has 0 fully saturated rings. The lowest BCUT2D eigenvalue weighted by molar-refractivity contribution is -0.385. The molecular formula is C30H37N3O6S. The van der Waals surface area contributed by atoms with Gasteiger partial charge < -0.3 is 19.3 Å². The Morgan fingerprint density at radius 1 is 0.975 bits per heavy atom. The molecule has 0 bridgehead atoms. The minimum Gasteiger partial charge on any atom is -0.493 e. The van der Waals surface area contributed by atoms with E-state index in [1.807, 2.05) is 51.1 Å². The Morgan fingerprint density at radius 3 is 2.30 bits per heavy atom. The van der Waals surface area contributed by atoms with Gasteiger partial charge in [-0.1, -0.05) is 26.0 Å².